The minimum atomic E-state index is -0.344. The number of ether oxygens (including phenoxy) is 4. The van der Waals surface area contributed by atoms with Crippen molar-refractivity contribution in [1.82, 2.24) is 4.90 Å². The summed E-state index contributed by atoms with van der Waals surface area (Å²) in [6.07, 6.45) is 8.25. The fourth-order valence-corrected chi connectivity index (χ4v) is 4.78. The molecule has 0 aliphatic heterocycles. The molecule has 0 unspecified atom stereocenters. The lowest BCUT2D eigenvalue weighted by atomic mass is 10.1. The molecule has 0 radical (unpaired) electrons. The van der Waals surface area contributed by atoms with Crippen molar-refractivity contribution < 1.29 is 28.5 Å². The monoisotopic (exact) mass is 589 g/mol. The Morgan fingerprint density at radius 3 is 2.09 bits per heavy atom. The van der Waals surface area contributed by atoms with Crippen LogP contribution in [-0.2, 0) is 22.4 Å². The number of nitrogens with zero attached hydrogens (tertiary/aromatic N) is 1. The number of unbranched alkanes of at least 4 members (excludes halogenated alkanes) is 5. The van der Waals surface area contributed by atoms with Gasteiger partial charge in [0, 0.05) is 19.6 Å². The van der Waals surface area contributed by atoms with Crippen LogP contribution in [0.15, 0.2) is 72.8 Å². The topological polar surface area (TPSA) is 74.3 Å². The lowest BCUT2D eigenvalue weighted by Crippen LogP contribution is -2.30. The molecule has 3 aromatic carbocycles. The standard InChI is InChI=1S/C36H47NO6/c1-4-6-7-8-9-12-26-43-34-14-11-10-13-30(34)23-24-37(28-29-15-17-31(18-16-29)35(38)40-3)25-27-42-33-21-19-32(20-22-33)36(39)41-5-2/h10-11,13-22H,4-9,12,23-28H2,1-3H3. The van der Waals surface area contributed by atoms with Crippen LogP contribution in [0.5, 0.6) is 11.5 Å². The first-order chi connectivity index (χ1) is 21.0. The van der Waals surface area contributed by atoms with Crippen LogP contribution < -0.4 is 9.47 Å². The summed E-state index contributed by atoms with van der Waals surface area (Å²) in [6, 6.07) is 22.8. The maximum atomic E-state index is 11.9. The molecule has 3 aromatic rings. The van der Waals surface area contributed by atoms with E-state index in [0.29, 0.717) is 43.2 Å². The normalized spacial score (nSPS) is 10.9. The Labute approximate surface area is 257 Å². The third-order valence-corrected chi connectivity index (χ3v) is 7.25. The molecule has 43 heavy (non-hydrogen) atoms. The number of hydrogen-bond acceptors (Lipinski definition) is 7. The van der Waals surface area contributed by atoms with Gasteiger partial charge in [-0.15, -0.1) is 0 Å². The number of methoxy groups -OCH3 is 1. The van der Waals surface area contributed by atoms with Crippen LogP contribution >= 0.6 is 0 Å². The summed E-state index contributed by atoms with van der Waals surface area (Å²) in [5.41, 5.74) is 3.32. The van der Waals surface area contributed by atoms with Crippen LogP contribution in [0.1, 0.15) is 84.2 Å². The van der Waals surface area contributed by atoms with Crippen molar-refractivity contribution in [2.45, 2.75) is 65.3 Å². The molecule has 0 spiro atoms. The van der Waals surface area contributed by atoms with Gasteiger partial charge in [-0.2, -0.15) is 0 Å². The molecule has 232 valence electrons. The lowest BCUT2D eigenvalue weighted by molar-refractivity contribution is 0.0525. The first-order valence-corrected chi connectivity index (χ1v) is 15.5. The highest BCUT2D eigenvalue weighted by molar-refractivity contribution is 5.89. The Morgan fingerprint density at radius 2 is 1.37 bits per heavy atom. The number of para-hydroxylation sites is 1. The van der Waals surface area contributed by atoms with Crippen molar-refractivity contribution in [3.63, 3.8) is 0 Å². The first-order valence-electron chi connectivity index (χ1n) is 15.5. The summed E-state index contributed by atoms with van der Waals surface area (Å²) in [5.74, 6) is 0.971. The van der Waals surface area contributed by atoms with Gasteiger partial charge in [0.25, 0.3) is 0 Å². The maximum absolute atomic E-state index is 11.9. The Bertz CT molecular complexity index is 1230. The lowest BCUT2D eigenvalue weighted by Gasteiger charge is -2.23. The number of benzene rings is 3. The van der Waals surface area contributed by atoms with E-state index in [0.717, 1.165) is 37.3 Å². The molecule has 0 aliphatic rings. The van der Waals surface area contributed by atoms with Crippen LogP contribution in [0.2, 0.25) is 0 Å². The van der Waals surface area contributed by atoms with Crippen molar-refractivity contribution in [1.29, 1.82) is 0 Å². The molecule has 0 atom stereocenters. The predicted molar refractivity (Wildman–Crippen MR) is 170 cm³/mol. The largest absolute Gasteiger partial charge is 0.493 e. The number of rotatable bonds is 20. The van der Waals surface area contributed by atoms with Gasteiger partial charge in [-0.3, -0.25) is 4.90 Å². The molecule has 0 saturated heterocycles. The second-order valence-corrected chi connectivity index (χ2v) is 10.5. The maximum Gasteiger partial charge on any atom is 0.338 e. The summed E-state index contributed by atoms with van der Waals surface area (Å²) in [4.78, 5) is 26.1. The van der Waals surface area contributed by atoms with Gasteiger partial charge in [0.15, 0.2) is 0 Å². The number of esters is 2. The molecule has 0 N–H and O–H groups in total. The van der Waals surface area contributed by atoms with Gasteiger partial charge in [-0.25, -0.2) is 9.59 Å². The van der Waals surface area contributed by atoms with E-state index in [1.54, 1.807) is 43.3 Å². The van der Waals surface area contributed by atoms with E-state index in [4.69, 9.17) is 18.9 Å². The molecule has 0 heterocycles. The molecule has 7 nitrogen and oxygen atoms in total. The molecule has 0 aromatic heterocycles. The summed E-state index contributed by atoms with van der Waals surface area (Å²) in [5, 5.41) is 0. The molecule has 7 heteroatoms. The van der Waals surface area contributed by atoms with Gasteiger partial charge in [0.05, 0.1) is 31.5 Å². The predicted octanol–water partition coefficient (Wildman–Crippen LogP) is 7.51. The molecule has 0 fully saturated rings. The Morgan fingerprint density at radius 1 is 0.698 bits per heavy atom. The SMILES string of the molecule is CCCCCCCCOc1ccccc1CCN(CCOc1ccc(C(=O)OCC)cc1)Cc1ccc(C(=O)OC)cc1. The van der Waals surface area contributed by atoms with E-state index in [1.165, 1.54) is 44.8 Å². The van der Waals surface area contributed by atoms with E-state index in [-0.39, 0.29) is 11.9 Å². The molecule has 0 bridgehead atoms. The fraction of sp³-hybridized carbons (Fsp3) is 0.444. The second-order valence-electron chi connectivity index (χ2n) is 10.5. The zero-order valence-corrected chi connectivity index (χ0v) is 26.0. The minimum absolute atomic E-state index is 0.338. The highest BCUT2D eigenvalue weighted by Gasteiger charge is 2.12. The molecule has 0 aliphatic carbocycles. The quantitative estimate of drug-likeness (QED) is 0.0997. The summed E-state index contributed by atoms with van der Waals surface area (Å²) >= 11 is 0. The summed E-state index contributed by atoms with van der Waals surface area (Å²) in [6.45, 7) is 7.79. The minimum Gasteiger partial charge on any atom is -0.493 e. The van der Waals surface area contributed by atoms with Crippen LogP contribution in [0, 0.1) is 0 Å². The average Bonchev–Trinajstić information content (AvgIpc) is 3.04. The van der Waals surface area contributed by atoms with Gasteiger partial charge < -0.3 is 18.9 Å². The van der Waals surface area contributed by atoms with E-state index < -0.39 is 0 Å². The average molecular weight is 590 g/mol. The summed E-state index contributed by atoms with van der Waals surface area (Å²) < 4.78 is 22.1. The Kier molecular flexibility index (Phi) is 15.2. The first kappa shape index (κ1) is 33.7. The van der Waals surface area contributed by atoms with Crippen LogP contribution in [0.3, 0.4) is 0 Å². The van der Waals surface area contributed by atoms with Crippen molar-refractivity contribution in [2.75, 3.05) is 40.0 Å². The van der Waals surface area contributed by atoms with Crippen molar-refractivity contribution in [3.05, 3.63) is 95.1 Å². The third kappa shape index (κ3) is 12.1. The van der Waals surface area contributed by atoms with E-state index in [9.17, 15) is 9.59 Å². The van der Waals surface area contributed by atoms with Gasteiger partial charge in [-0.1, -0.05) is 69.4 Å². The zero-order valence-electron chi connectivity index (χ0n) is 26.0. The van der Waals surface area contributed by atoms with Gasteiger partial charge in [-0.05, 0) is 73.4 Å². The fourth-order valence-electron chi connectivity index (χ4n) is 4.78. The van der Waals surface area contributed by atoms with Gasteiger partial charge in [0.1, 0.15) is 18.1 Å². The second kappa shape index (κ2) is 19.4. The number of hydrogen-bond donors (Lipinski definition) is 0. The molecule has 0 amide bonds. The van der Waals surface area contributed by atoms with Crippen LogP contribution in [-0.4, -0.2) is 56.9 Å². The molecular formula is C36H47NO6. The van der Waals surface area contributed by atoms with Crippen LogP contribution in [0.25, 0.3) is 0 Å². The molecular weight excluding hydrogens is 542 g/mol. The number of carbonyl (C=O) groups excluding carboxylic acids is 2. The van der Waals surface area contributed by atoms with Crippen molar-refractivity contribution in [3.8, 4) is 11.5 Å². The highest BCUT2D eigenvalue weighted by Crippen LogP contribution is 2.21. The number of carbonyl (C=O) groups is 2. The van der Waals surface area contributed by atoms with E-state index in [2.05, 4.69) is 30.0 Å². The van der Waals surface area contributed by atoms with Crippen LogP contribution in [0.4, 0.5) is 0 Å². The zero-order chi connectivity index (χ0) is 30.7. The highest BCUT2D eigenvalue weighted by atomic mass is 16.5. The van der Waals surface area contributed by atoms with E-state index in [1.807, 2.05) is 18.2 Å². The summed E-state index contributed by atoms with van der Waals surface area (Å²) in [7, 11) is 1.39. The third-order valence-electron chi connectivity index (χ3n) is 7.25. The molecule has 0 saturated carbocycles. The Balaban J connectivity index is 1.59. The Hall–Kier alpha value is -3.84. The van der Waals surface area contributed by atoms with Gasteiger partial charge in [0.2, 0.25) is 0 Å². The van der Waals surface area contributed by atoms with Gasteiger partial charge >= 0.3 is 11.9 Å². The van der Waals surface area contributed by atoms with Crippen molar-refractivity contribution in [2.24, 2.45) is 0 Å². The molecule has 3 rings (SSSR count). The smallest absolute Gasteiger partial charge is 0.338 e. The van der Waals surface area contributed by atoms with E-state index >= 15 is 0 Å². The van der Waals surface area contributed by atoms with Crippen molar-refractivity contribution >= 4 is 11.9 Å².